The summed E-state index contributed by atoms with van der Waals surface area (Å²) in [7, 11) is 0. The van der Waals surface area contributed by atoms with E-state index in [1.807, 2.05) is 30.3 Å². The normalized spacial score (nSPS) is 14.2. The summed E-state index contributed by atoms with van der Waals surface area (Å²) in [6, 6.07) is 8.34. The largest absolute Gasteiger partial charge is 0.480 e. The van der Waals surface area contributed by atoms with Crippen molar-refractivity contribution in [3.05, 3.63) is 35.9 Å². The molecule has 0 fully saturated rings. The number of hydrogen-bond donors (Lipinski definition) is 3. The number of aliphatic hydroxyl groups excluding tert-OH is 1. The standard InChI is InChI=1S/C12H17NO4/c13-11(12(15)16)10(14)6-7-17-8-9-4-2-1-3-5-9/h1-5,10-11,14H,6-8,13H2,(H,15,16). The first kappa shape index (κ1) is 13.6. The van der Waals surface area contributed by atoms with Gasteiger partial charge in [-0.1, -0.05) is 30.3 Å². The van der Waals surface area contributed by atoms with Gasteiger partial charge in [0.25, 0.3) is 0 Å². The average molecular weight is 239 g/mol. The number of carbonyl (C=O) groups is 1. The average Bonchev–Trinajstić information content (AvgIpc) is 2.34. The van der Waals surface area contributed by atoms with E-state index < -0.39 is 18.1 Å². The van der Waals surface area contributed by atoms with E-state index in [-0.39, 0.29) is 13.0 Å². The molecule has 0 spiro atoms. The molecule has 0 aromatic heterocycles. The molecule has 1 rings (SSSR count). The van der Waals surface area contributed by atoms with Gasteiger partial charge in [0.1, 0.15) is 6.04 Å². The molecule has 1 aromatic carbocycles. The van der Waals surface area contributed by atoms with E-state index in [0.717, 1.165) is 5.56 Å². The lowest BCUT2D eigenvalue weighted by molar-refractivity contribution is -0.141. The molecule has 5 heteroatoms. The van der Waals surface area contributed by atoms with Crippen LogP contribution >= 0.6 is 0 Å². The van der Waals surface area contributed by atoms with Crippen LogP contribution in [-0.2, 0) is 16.1 Å². The third-order valence-corrected chi connectivity index (χ3v) is 2.37. The van der Waals surface area contributed by atoms with Crippen LogP contribution < -0.4 is 5.73 Å². The molecule has 17 heavy (non-hydrogen) atoms. The Morgan fingerprint density at radius 3 is 2.59 bits per heavy atom. The minimum absolute atomic E-state index is 0.209. The van der Waals surface area contributed by atoms with Gasteiger partial charge in [0.15, 0.2) is 0 Å². The van der Waals surface area contributed by atoms with Crippen LogP contribution in [0.5, 0.6) is 0 Å². The Kier molecular flexibility index (Phi) is 5.62. The van der Waals surface area contributed by atoms with Crippen LogP contribution in [-0.4, -0.2) is 34.9 Å². The highest BCUT2D eigenvalue weighted by atomic mass is 16.5. The minimum atomic E-state index is -1.25. The number of ether oxygens (including phenoxy) is 1. The van der Waals surface area contributed by atoms with Crippen LogP contribution in [0.25, 0.3) is 0 Å². The van der Waals surface area contributed by atoms with Gasteiger partial charge in [0.2, 0.25) is 0 Å². The van der Waals surface area contributed by atoms with Gasteiger partial charge in [-0.05, 0) is 12.0 Å². The molecule has 0 aliphatic heterocycles. The fourth-order valence-corrected chi connectivity index (χ4v) is 1.31. The van der Waals surface area contributed by atoms with Gasteiger partial charge in [-0.2, -0.15) is 0 Å². The van der Waals surface area contributed by atoms with Crippen molar-refractivity contribution in [1.82, 2.24) is 0 Å². The molecule has 2 atom stereocenters. The molecule has 0 bridgehead atoms. The van der Waals surface area contributed by atoms with Crippen LogP contribution in [0.1, 0.15) is 12.0 Å². The molecule has 0 aliphatic carbocycles. The lowest BCUT2D eigenvalue weighted by Crippen LogP contribution is -2.42. The monoisotopic (exact) mass is 239 g/mol. The molecule has 0 aliphatic rings. The summed E-state index contributed by atoms with van der Waals surface area (Å²) in [5, 5.41) is 18.0. The summed E-state index contributed by atoms with van der Waals surface area (Å²) >= 11 is 0. The molecule has 2 unspecified atom stereocenters. The second-order valence-electron chi connectivity index (χ2n) is 3.76. The van der Waals surface area contributed by atoms with E-state index in [2.05, 4.69) is 0 Å². The van der Waals surface area contributed by atoms with Gasteiger partial charge in [0, 0.05) is 6.61 Å². The summed E-state index contributed by atoms with van der Waals surface area (Å²) in [5.74, 6) is -1.21. The van der Waals surface area contributed by atoms with Gasteiger partial charge in [-0.15, -0.1) is 0 Å². The van der Waals surface area contributed by atoms with Crippen molar-refractivity contribution in [2.75, 3.05) is 6.61 Å². The topological polar surface area (TPSA) is 92.8 Å². The van der Waals surface area contributed by atoms with Gasteiger partial charge < -0.3 is 20.7 Å². The van der Waals surface area contributed by atoms with Crippen molar-refractivity contribution in [1.29, 1.82) is 0 Å². The number of benzene rings is 1. The fourth-order valence-electron chi connectivity index (χ4n) is 1.31. The minimum Gasteiger partial charge on any atom is -0.480 e. The lowest BCUT2D eigenvalue weighted by atomic mass is 10.1. The van der Waals surface area contributed by atoms with Gasteiger partial charge >= 0.3 is 5.97 Å². The van der Waals surface area contributed by atoms with Crippen molar-refractivity contribution >= 4 is 5.97 Å². The predicted molar refractivity (Wildman–Crippen MR) is 62.3 cm³/mol. The summed E-state index contributed by atoms with van der Waals surface area (Å²) in [4.78, 5) is 10.5. The zero-order valence-electron chi connectivity index (χ0n) is 9.45. The van der Waals surface area contributed by atoms with E-state index in [4.69, 9.17) is 15.6 Å². The molecule has 0 radical (unpaired) electrons. The first-order chi connectivity index (χ1) is 8.11. The number of aliphatic carboxylic acids is 1. The number of rotatable bonds is 7. The zero-order valence-corrected chi connectivity index (χ0v) is 9.45. The van der Waals surface area contributed by atoms with Gasteiger partial charge in [0.05, 0.1) is 12.7 Å². The summed E-state index contributed by atoms with van der Waals surface area (Å²) in [6.45, 7) is 0.715. The summed E-state index contributed by atoms with van der Waals surface area (Å²) in [6.07, 6.45) is -0.872. The maximum absolute atomic E-state index is 10.5. The second-order valence-corrected chi connectivity index (χ2v) is 3.76. The predicted octanol–water partition coefficient (Wildman–Crippen LogP) is 0.366. The summed E-state index contributed by atoms with van der Waals surface area (Å²) < 4.78 is 5.31. The smallest absolute Gasteiger partial charge is 0.323 e. The third kappa shape index (κ3) is 4.95. The first-order valence-electron chi connectivity index (χ1n) is 5.39. The van der Waals surface area contributed by atoms with Crippen LogP contribution in [0, 0.1) is 0 Å². The molecule has 0 saturated heterocycles. The molecule has 0 heterocycles. The van der Waals surface area contributed by atoms with Crippen LogP contribution in [0.3, 0.4) is 0 Å². The fraction of sp³-hybridized carbons (Fsp3) is 0.417. The van der Waals surface area contributed by atoms with Crippen LogP contribution in [0.4, 0.5) is 0 Å². The Bertz CT molecular complexity index is 342. The molecule has 4 N–H and O–H groups in total. The number of aliphatic hydroxyl groups is 1. The quantitative estimate of drug-likeness (QED) is 0.598. The maximum atomic E-state index is 10.5. The summed E-state index contributed by atoms with van der Waals surface area (Å²) in [5.41, 5.74) is 6.28. The zero-order chi connectivity index (χ0) is 12.7. The lowest BCUT2D eigenvalue weighted by Gasteiger charge is -2.14. The molecule has 94 valence electrons. The Labute approximate surface area is 99.8 Å². The third-order valence-electron chi connectivity index (χ3n) is 2.37. The van der Waals surface area contributed by atoms with Crippen molar-refractivity contribution < 1.29 is 19.7 Å². The van der Waals surface area contributed by atoms with Gasteiger partial charge in [-0.3, -0.25) is 4.79 Å². The number of carboxylic acids is 1. The molecule has 5 nitrogen and oxygen atoms in total. The van der Waals surface area contributed by atoms with Crippen molar-refractivity contribution in [3.8, 4) is 0 Å². The SMILES string of the molecule is NC(C(=O)O)C(O)CCOCc1ccccc1. The van der Waals surface area contributed by atoms with Crippen LogP contribution in [0.2, 0.25) is 0 Å². The Morgan fingerprint density at radius 1 is 1.35 bits per heavy atom. The Balaban J connectivity index is 2.18. The molecular formula is C12H17NO4. The van der Waals surface area contributed by atoms with E-state index >= 15 is 0 Å². The van der Waals surface area contributed by atoms with E-state index in [1.165, 1.54) is 0 Å². The van der Waals surface area contributed by atoms with E-state index in [0.29, 0.717) is 6.61 Å². The van der Waals surface area contributed by atoms with Crippen LogP contribution in [0.15, 0.2) is 30.3 Å². The Hall–Kier alpha value is -1.43. The Morgan fingerprint density at radius 2 is 2.00 bits per heavy atom. The molecule has 0 amide bonds. The second kappa shape index (κ2) is 7.01. The highest BCUT2D eigenvalue weighted by molar-refractivity contribution is 5.73. The van der Waals surface area contributed by atoms with E-state index in [9.17, 15) is 9.90 Å². The molecule has 0 saturated carbocycles. The first-order valence-corrected chi connectivity index (χ1v) is 5.39. The highest BCUT2D eigenvalue weighted by Crippen LogP contribution is 2.03. The molecule has 1 aromatic rings. The number of hydrogen-bond acceptors (Lipinski definition) is 4. The van der Waals surface area contributed by atoms with Gasteiger partial charge in [-0.25, -0.2) is 0 Å². The van der Waals surface area contributed by atoms with Crippen molar-refractivity contribution in [2.45, 2.75) is 25.2 Å². The molecular weight excluding hydrogens is 222 g/mol. The maximum Gasteiger partial charge on any atom is 0.323 e. The van der Waals surface area contributed by atoms with E-state index in [1.54, 1.807) is 0 Å². The number of carboxylic acid groups (broad SMARTS) is 1. The highest BCUT2D eigenvalue weighted by Gasteiger charge is 2.21. The van der Waals surface area contributed by atoms with Crippen molar-refractivity contribution in [3.63, 3.8) is 0 Å². The van der Waals surface area contributed by atoms with Crippen molar-refractivity contribution in [2.24, 2.45) is 5.73 Å². The number of nitrogens with two attached hydrogens (primary N) is 1.